The molecule has 0 radical (unpaired) electrons. The van der Waals surface area contributed by atoms with Crippen molar-refractivity contribution in [2.75, 3.05) is 28.6 Å². The summed E-state index contributed by atoms with van der Waals surface area (Å²) in [6.45, 7) is 5.01. The van der Waals surface area contributed by atoms with Crippen LogP contribution in [0, 0.1) is 11.3 Å². The minimum absolute atomic E-state index is 0.158. The third-order valence-electron chi connectivity index (χ3n) is 4.70. The largest absolute Gasteiger partial charge is 0.352 e. The van der Waals surface area contributed by atoms with Crippen LogP contribution in [-0.4, -0.2) is 45.2 Å². The topological polar surface area (TPSA) is 120 Å². The van der Waals surface area contributed by atoms with Crippen LogP contribution < -0.4 is 15.5 Å². The molecule has 1 atom stereocenters. The Labute approximate surface area is 167 Å². The highest BCUT2D eigenvalue weighted by Crippen LogP contribution is 2.29. The average Bonchev–Trinajstić information content (AvgIpc) is 3.22. The van der Waals surface area contributed by atoms with Crippen molar-refractivity contribution in [2.45, 2.75) is 12.5 Å². The van der Waals surface area contributed by atoms with E-state index in [1.165, 1.54) is 18.5 Å². The highest BCUT2D eigenvalue weighted by molar-refractivity contribution is 6.01. The number of anilines is 3. The summed E-state index contributed by atoms with van der Waals surface area (Å²) in [5.41, 5.74) is 1.11. The molecule has 3 aromatic rings. The van der Waals surface area contributed by atoms with E-state index in [-0.39, 0.29) is 11.9 Å². The SMILES string of the molecule is C=CC(=O)Nc1ccc2c(N3CC[C@@H](Nc4ncc(C#N)cn4)C3)nncc2c1. The summed E-state index contributed by atoms with van der Waals surface area (Å²) in [5, 5.41) is 25.2. The van der Waals surface area contributed by atoms with E-state index in [0.29, 0.717) is 17.2 Å². The lowest BCUT2D eigenvalue weighted by molar-refractivity contribution is -0.111. The molecule has 29 heavy (non-hydrogen) atoms. The average molecular weight is 386 g/mol. The summed E-state index contributed by atoms with van der Waals surface area (Å²) < 4.78 is 0. The molecule has 2 N–H and O–H groups in total. The lowest BCUT2D eigenvalue weighted by Crippen LogP contribution is -2.27. The van der Waals surface area contributed by atoms with Crippen LogP contribution >= 0.6 is 0 Å². The van der Waals surface area contributed by atoms with E-state index in [1.807, 2.05) is 24.3 Å². The molecular weight excluding hydrogens is 368 g/mol. The van der Waals surface area contributed by atoms with E-state index in [2.05, 4.69) is 42.3 Å². The quantitative estimate of drug-likeness (QED) is 0.640. The zero-order valence-corrected chi connectivity index (χ0v) is 15.5. The molecule has 0 unspecified atom stereocenters. The smallest absolute Gasteiger partial charge is 0.247 e. The van der Waals surface area contributed by atoms with Crippen LogP contribution in [0.2, 0.25) is 0 Å². The van der Waals surface area contributed by atoms with Crippen molar-refractivity contribution in [2.24, 2.45) is 0 Å². The number of carbonyl (C=O) groups excluding carboxylic acids is 1. The highest BCUT2D eigenvalue weighted by atomic mass is 16.1. The van der Waals surface area contributed by atoms with Gasteiger partial charge in [-0.25, -0.2) is 9.97 Å². The van der Waals surface area contributed by atoms with Crippen molar-refractivity contribution < 1.29 is 4.79 Å². The first-order valence-electron chi connectivity index (χ1n) is 9.09. The van der Waals surface area contributed by atoms with Crippen LogP contribution in [0.1, 0.15) is 12.0 Å². The van der Waals surface area contributed by atoms with E-state index >= 15 is 0 Å². The normalized spacial score (nSPS) is 15.7. The first-order valence-corrected chi connectivity index (χ1v) is 9.09. The molecule has 0 aliphatic carbocycles. The predicted molar refractivity (Wildman–Crippen MR) is 109 cm³/mol. The molecule has 1 fully saturated rings. The summed E-state index contributed by atoms with van der Waals surface area (Å²) in [7, 11) is 0. The van der Waals surface area contributed by atoms with Crippen LogP contribution in [0.4, 0.5) is 17.5 Å². The van der Waals surface area contributed by atoms with Gasteiger partial charge in [-0.05, 0) is 30.7 Å². The third-order valence-corrected chi connectivity index (χ3v) is 4.70. The van der Waals surface area contributed by atoms with Gasteiger partial charge in [0, 0.05) is 35.6 Å². The van der Waals surface area contributed by atoms with Crippen LogP contribution in [-0.2, 0) is 4.79 Å². The first-order chi connectivity index (χ1) is 14.2. The number of hydrogen-bond acceptors (Lipinski definition) is 8. The van der Waals surface area contributed by atoms with Crippen molar-refractivity contribution >= 4 is 34.1 Å². The van der Waals surface area contributed by atoms with Gasteiger partial charge in [0.25, 0.3) is 0 Å². The summed E-state index contributed by atoms with van der Waals surface area (Å²) in [6.07, 6.45) is 6.81. The summed E-state index contributed by atoms with van der Waals surface area (Å²) >= 11 is 0. The van der Waals surface area contributed by atoms with Gasteiger partial charge in [0.15, 0.2) is 5.82 Å². The minimum Gasteiger partial charge on any atom is -0.352 e. The molecule has 1 saturated heterocycles. The zero-order valence-electron chi connectivity index (χ0n) is 15.5. The Morgan fingerprint density at radius 2 is 2.14 bits per heavy atom. The number of carbonyl (C=O) groups is 1. The van der Waals surface area contributed by atoms with E-state index < -0.39 is 0 Å². The van der Waals surface area contributed by atoms with Crippen molar-refractivity contribution in [3.05, 3.63) is 55.0 Å². The standard InChI is InChI=1S/C20H18N8O/c1-2-18(29)25-15-3-4-17-14(7-15)11-24-27-19(17)28-6-5-16(12-28)26-20-22-9-13(8-21)10-23-20/h2-4,7,9-11,16H,1,5-6,12H2,(H,25,29)(H,22,23,26)/t16-/m1/s1. The Bertz CT molecular complexity index is 1110. The Balaban J connectivity index is 1.50. The fraction of sp³-hybridized carbons (Fsp3) is 0.200. The van der Waals surface area contributed by atoms with Crippen LogP contribution in [0.25, 0.3) is 10.8 Å². The van der Waals surface area contributed by atoms with Gasteiger partial charge in [-0.15, -0.1) is 5.10 Å². The molecule has 2 aromatic heterocycles. The van der Waals surface area contributed by atoms with E-state index in [9.17, 15) is 4.79 Å². The van der Waals surface area contributed by atoms with E-state index in [1.54, 1.807) is 6.20 Å². The number of benzene rings is 1. The number of hydrogen-bond donors (Lipinski definition) is 2. The molecule has 1 aliphatic rings. The Kier molecular flexibility index (Phi) is 4.99. The Morgan fingerprint density at radius 3 is 2.90 bits per heavy atom. The fourth-order valence-corrected chi connectivity index (χ4v) is 3.29. The molecular formula is C20H18N8O. The molecule has 0 saturated carbocycles. The van der Waals surface area contributed by atoms with Gasteiger partial charge in [0.05, 0.1) is 24.2 Å². The molecule has 1 aromatic carbocycles. The maximum absolute atomic E-state index is 11.5. The Hall–Kier alpha value is -4.06. The molecule has 1 amide bonds. The highest BCUT2D eigenvalue weighted by Gasteiger charge is 2.25. The summed E-state index contributed by atoms with van der Waals surface area (Å²) in [4.78, 5) is 22.0. The maximum atomic E-state index is 11.5. The van der Waals surface area contributed by atoms with E-state index in [4.69, 9.17) is 5.26 Å². The van der Waals surface area contributed by atoms with Crippen molar-refractivity contribution in [3.8, 4) is 6.07 Å². The molecule has 1 aliphatic heterocycles. The predicted octanol–water partition coefficient (Wildman–Crippen LogP) is 2.11. The number of nitriles is 1. The van der Waals surface area contributed by atoms with Gasteiger partial charge in [-0.3, -0.25) is 4.79 Å². The minimum atomic E-state index is -0.259. The van der Waals surface area contributed by atoms with Gasteiger partial charge < -0.3 is 15.5 Å². The molecule has 9 heteroatoms. The van der Waals surface area contributed by atoms with Crippen LogP contribution in [0.3, 0.4) is 0 Å². The van der Waals surface area contributed by atoms with Gasteiger partial charge in [0.2, 0.25) is 11.9 Å². The summed E-state index contributed by atoms with van der Waals surface area (Å²) in [5.74, 6) is 1.04. The molecule has 0 bridgehead atoms. The lowest BCUT2D eigenvalue weighted by atomic mass is 10.1. The first kappa shape index (κ1) is 18.3. The number of rotatable bonds is 5. The van der Waals surface area contributed by atoms with Gasteiger partial charge in [0.1, 0.15) is 6.07 Å². The van der Waals surface area contributed by atoms with Gasteiger partial charge in [-0.2, -0.15) is 10.4 Å². The number of nitrogens with one attached hydrogen (secondary N) is 2. The van der Waals surface area contributed by atoms with Crippen LogP contribution in [0.5, 0.6) is 0 Å². The summed E-state index contributed by atoms with van der Waals surface area (Å²) in [6, 6.07) is 7.80. The molecule has 0 spiro atoms. The van der Waals surface area contributed by atoms with Crippen molar-refractivity contribution in [3.63, 3.8) is 0 Å². The Morgan fingerprint density at radius 1 is 1.31 bits per heavy atom. The zero-order chi connectivity index (χ0) is 20.2. The maximum Gasteiger partial charge on any atom is 0.247 e. The second-order valence-corrected chi connectivity index (χ2v) is 6.65. The molecule has 4 rings (SSSR count). The van der Waals surface area contributed by atoms with Crippen molar-refractivity contribution in [1.82, 2.24) is 20.2 Å². The number of nitrogens with zero attached hydrogens (tertiary/aromatic N) is 6. The van der Waals surface area contributed by atoms with E-state index in [0.717, 1.165) is 36.1 Å². The number of aromatic nitrogens is 4. The molecule has 9 nitrogen and oxygen atoms in total. The van der Waals surface area contributed by atoms with Crippen LogP contribution in [0.15, 0.2) is 49.4 Å². The monoisotopic (exact) mass is 386 g/mol. The second kappa shape index (κ2) is 7.90. The molecule has 144 valence electrons. The number of fused-ring (bicyclic) bond motifs is 1. The van der Waals surface area contributed by atoms with Gasteiger partial charge in [-0.1, -0.05) is 6.58 Å². The lowest BCUT2D eigenvalue weighted by Gasteiger charge is -2.19. The second-order valence-electron chi connectivity index (χ2n) is 6.65. The molecule has 3 heterocycles. The van der Waals surface area contributed by atoms with Crippen molar-refractivity contribution in [1.29, 1.82) is 5.26 Å². The fourth-order valence-electron chi connectivity index (χ4n) is 3.29. The number of amides is 1. The van der Waals surface area contributed by atoms with Gasteiger partial charge >= 0.3 is 0 Å². The third kappa shape index (κ3) is 3.96.